The van der Waals surface area contributed by atoms with Crippen LogP contribution >= 0.6 is 15.9 Å². The molecule has 0 atom stereocenters. The maximum absolute atomic E-state index is 9.72. The van der Waals surface area contributed by atoms with Gasteiger partial charge in [0.25, 0.3) is 0 Å². The molecule has 0 radical (unpaired) electrons. The minimum absolute atomic E-state index is 0.00496. The molecule has 0 saturated heterocycles. The zero-order valence-electron chi connectivity index (χ0n) is 8.21. The van der Waals surface area contributed by atoms with Crippen molar-refractivity contribution in [3.63, 3.8) is 0 Å². The fourth-order valence-electron chi connectivity index (χ4n) is 1.18. The molecule has 76 valence electrons. The molecular formula is C11H13BrO2. The van der Waals surface area contributed by atoms with E-state index in [4.69, 9.17) is 5.11 Å². The lowest BCUT2D eigenvalue weighted by Gasteiger charge is -2.05. The van der Waals surface area contributed by atoms with Crippen LogP contribution in [0, 0.1) is 6.92 Å². The molecular weight excluding hydrogens is 244 g/mol. The molecule has 0 amide bonds. The quantitative estimate of drug-likeness (QED) is 0.855. The lowest BCUT2D eigenvalue weighted by Crippen LogP contribution is -1.86. The molecule has 0 fully saturated rings. The number of rotatable bonds is 2. The normalized spacial score (nSPS) is 11.9. The Balaban J connectivity index is 3.21. The largest absolute Gasteiger partial charge is 0.507 e. The first-order chi connectivity index (χ1) is 6.54. The summed E-state index contributed by atoms with van der Waals surface area (Å²) in [5.74, 6) is 0.265. The number of aromatic hydroxyl groups is 1. The summed E-state index contributed by atoms with van der Waals surface area (Å²) < 4.78 is 0.921. The van der Waals surface area contributed by atoms with Gasteiger partial charge in [-0.15, -0.1) is 0 Å². The fraction of sp³-hybridized carbons (Fsp3) is 0.273. The van der Waals surface area contributed by atoms with Gasteiger partial charge in [-0.25, -0.2) is 0 Å². The number of aliphatic hydroxyl groups excluding tert-OH is 1. The molecule has 0 unspecified atom stereocenters. The van der Waals surface area contributed by atoms with Crippen molar-refractivity contribution in [2.75, 3.05) is 6.61 Å². The smallest absolute Gasteiger partial charge is 0.125 e. The number of phenols is 1. The summed E-state index contributed by atoms with van der Waals surface area (Å²) in [6.07, 6.45) is 1.77. The molecule has 0 heterocycles. The van der Waals surface area contributed by atoms with Gasteiger partial charge in [-0.3, -0.25) is 0 Å². The summed E-state index contributed by atoms with van der Waals surface area (Å²) in [5.41, 5.74) is 2.36. The molecule has 2 nitrogen and oxygen atoms in total. The molecule has 0 saturated carbocycles. The van der Waals surface area contributed by atoms with Crippen LogP contribution < -0.4 is 0 Å². The van der Waals surface area contributed by atoms with Gasteiger partial charge in [0.15, 0.2) is 0 Å². The van der Waals surface area contributed by atoms with Crippen molar-refractivity contribution in [1.82, 2.24) is 0 Å². The SMILES string of the molecule is C/C(=C\c1cc(Br)cc(C)c1O)CO. The molecule has 0 spiro atoms. The monoisotopic (exact) mass is 256 g/mol. The zero-order valence-corrected chi connectivity index (χ0v) is 9.80. The van der Waals surface area contributed by atoms with Gasteiger partial charge in [-0.2, -0.15) is 0 Å². The number of phenolic OH excluding ortho intramolecular Hbond substituents is 1. The standard InChI is InChI=1S/C11H13BrO2/c1-7(6-13)3-9-5-10(12)4-8(2)11(9)14/h3-5,13-14H,6H2,1-2H3/b7-3+. The van der Waals surface area contributed by atoms with E-state index < -0.39 is 0 Å². The van der Waals surface area contributed by atoms with Crippen LogP contribution in [0.25, 0.3) is 6.08 Å². The van der Waals surface area contributed by atoms with Crippen LogP contribution in [0.15, 0.2) is 22.2 Å². The van der Waals surface area contributed by atoms with E-state index in [1.165, 1.54) is 0 Å². The van der Waals surface area contributed by atoms with Gasteiger partial charge in [-0.1, -0.05) is 22.0 Å². The van der Waals surface area contributed by atoms with Gasteiger partial charge in [0.2, 0.25) is 0 Å². The van der Waals surface area contributed by atoms with E-state index in [1.54, 1.807) is 6.08 Å². The van der Waals surface area contributed by atoms with E-state index >= 15 is 0 Å². The van der Waals surface area contributed by atoms with Crippen LogP contribution in [0.2, 0.25) is 0 Å². The Hall–Kier alpha value is -0.800. The topological polar surface area (TPSA) is 40.5 Å². The van der Waals surface area contributed by atoms with Crippen LogP contribution in [0.3, 0.4) is 0 Å². The predicted octanol–water partition coefficient (Wildman–Crippen LogP) is 2.86. The second kappa shape index (κ2) is 4.62. The summed E-state index contributed by atoms with van der Waals surface area (Å²) in [7, 11) is 0. The van der Waals surface area contributed by atoms with Crippen LogP contribution in [0.1, 0.15) is 18.1 Å². The lowest BCUT2D eigenvalue weighted by atomic mass is 10.1. The number of halogens is 1. The average molecular weight is 257 g/mol. The third-order valence-corrected chi connectivity index (χ3v) is 2.40. The Morgan fingerprint density at radius 2 is 2.14 bits per heavy atom. The van der Waals surface area contributed by atoms with Gasteiger partial charge in [0.1, 0.15) is 5.75 Å². The summed E-state index contributed by atoms with van der Waals surface area (Å²) in [5, 5.41) is 18.6. The third kappa shape index (κ3) is 2.59. The maximum Gasteiger partial charge on any atom is 0.125 e. The Bertz CT molecular complexity index is 370. The van der Waals surface area contributed by atoms with Crippen molar-refractivity contribution in [1.29, 1.82) is 0 Å². The van der Waals surface area contributed by atoms with E-state index in [0.29, 0.717) is 0 Å². The highest BCUT2D eigenvalue weighted by Crippen LogP contribution is 2.28. The molecule has 0 aromatic heterocycles. The van der Waals surface area contributed by atoms with Crippen molar-refractivity contribution in [2.45, 2.75) is 13.8 Å². The number of benzene rings is 1. The van der Waals surface area contributed by atoms with Crippen molar-refractivity contribution in [3.8, 4) is 5.75 Å². The van der Waals surface area contributed by atoms with Crippen molar-refractivity contribution in [3.05, 3.63) is 33.3 Å². The molecule has 1 aromatic carbocycles. The van der Waals surface area contributed by atoms with E-state index in [-0.39, 0.29) is 12.4 Å². The Kier molecular flexibility index (Phi) is 3.72. The van der Waals surface area contributed by atoms with Crippen LogP contribution in [0.5, 0.6) is 5.75 Å². The van der Waals surface area contributed by atoms with Crippen LogP contribution in [-0.4, -0.2) is 16.8 Å². The highest BCUT2D eigenvalue weighted by molar-refractivity contribution is 9.10. The molecule has 2 N–H and O–H groups in total. The van der Waals surface area contributed by atoms with E-state index in [2.05, 4.69) is 15.9 Å². The molecule has 0 aliphatic heterocycles. The van der Waals surface area contributed by atoms with Gasteiger partial charge >= 0.3 is 0 Å². The summed E-state index contributed by atoms with van der Waals surface area (Å²) in [6.45, 7) is 3.66. The second-order valence-electron chi connectivity index (χ2n) is 3.31. The van der Waals surface area contributed by atoms with Crippen molar-refractivity contribution in [2.24, 2.45) is 0 Å². The van der Waals surface area contributed by atoms with Crippen molar-refractivity contribution >= 4 is 22.0 Å². The van der Waals surface area contributed by atoms with Crippen LogP contribution in [0.4, 0.5) is 0 Å². The Morgan fingerprint density at radius 1 is 1.50 bits per heavy atom. The van der Waals surface area contributed by atoms with Gasteiger partial charge in [0, 0.05) is 10.0 Å². The van der Waals surface area contributed by atoms with E-state index in [1.807, 2.05) is 26.0 Å². The van der Waals surface area contributed by atoms with Gasteiger partial charge in [-0.05, 0) is 37.1 Å². The molecule has 0 aliphatic rings. The highest BCUT2D eigenvalue weighted by Gasteiger charge is 2.03. The molecule has 1 rings (SSSR count). The minimum atomic E-state index is 0.00496. The highest BCUT2D eigenvalue weighted by atomic mass is 79.9. The number of hydrogen-bond donors (Lipinski definition) is 2. The first-order valence-corrected chi connectivity index (χ1v) is 5.11. The molecule has 3 heteroatoms. The Morgan fingerprint density at radius 3 is 2.71 bits per heavy atom. The summed E-state index contributed by atoms with van der Waals surface area (Å²) in [6, 6.07) is 3.67. The first kappa shape index (κ1) is 11.3. The van der Waals surface area contributed by atoms with Crippen molar-refractivity contribution < 1.29 is 10.2 Å². The number of aliphatic hydroxyl groups is 1. The van der Waals surface area contributed by atoms with E-state index in [0.717, 1.165) is 21.2 Å². The van der Waals surface area contributed by atoms with Crippen LogP contribution in [-0.2, 0) is 0 Å². The maximum atomic E-state index is 9.72. The second-order valence-corrected chi connectivity index (χ2v) is 4.23. The number of hydrogen-bond acceptors (Lipinski definition) is 2. The molecule has 1 aromatic rings. The lowest BCUT2D eigenvalue weighted by molar-refractivity contribution is 0.332. The minimum Gasteiger partial charge on any atom is -0.507 e. The predicted molar refractivity (Wildman–Crippen MR) is 61.3 cm³/mol. The van der Waals surface area contributed by atoms with Gasteiger partial charge < -0.3 is 10.2 Å². The first-order valence-electron chi connectivity index (χ1n) is 4.31. The molecule has 0 bridgehead atoms. The Labute approximate surface area is 92.0 Å². The van der Waals surface area contributed by atoms with Gasteiger partial charge in [0.05, 0.1) is 6.61 Å². The third-order valence-electron chi connectivity index (χ3n) is 1.95. The molecule has 14 heavy (non-hydrogen) atoms. The fourth-order valence-corrected chi connectivity index (χ4v) is 1.77. The average Bonchev–Trinajstić information content (AvgIpc) is 2.13. The summed E-state index contributed by atoms with van der Waals surface area (Å²) >= 11 is 3.36. The molecule has 0 aliphatic carbocycles. The summed E-state index contributed by atoms with van der Waals surface area (Å²) in [4.78, 5) is 0. The zero-order chi connectivity index (χ0) is 10.7. The van der Waals surface area contributed by atoms with E-state index in [9.17, 15) is 5.11 Å². The number of aryl methyl sites for hydroxylation is 1.